The van der Waals surface area contributed by atoms with Crippen LogP contribution in [-0.4, -0.2) is 7.12 Å². The molecule has 0 bridgehead atoms. The van der Waals surface area contributed by atoms with Gasteiger partial charge in [0.2, 0.25) is 0 Å². The van der Waals surface area contributed by atoms with Crippen LogP contribution < -0.4 is 20.5 Å². The summed E-state index contributed by atoms with van der Waals surface area (Å²) in [6.45, 7) is 0. The van der Waals surface area contributed by atoms with Gasteiger partial charge in [0.15, 0.2) is 0 Å². The van der Waals surface area contributed by atoms with Gasteiger partial charge in [0.25, 0.3) is 0 Å². The van der Waals surface area contributed by atoms with Crippen LogP contribution >= 0.6 is 0 Å². The maximum atomic E-state index is 5.98. The van der Waals surface area contributed by atoms with E-state index in [-0.39, 0.29) is 0 Å². The average Bonchev–Trinajstić information content (AvgIpc) is 2.56. The van der Waals surface area contributed by atoms with Gasteiger partial charge in [-0.3, -0.25) is 0 Å². The third-order valence-electron chi connectivity index (χ3n) is 3.16. The Hall–Kier alpha value is -2.88. The van der Waals surface area contributed by atoms with Crippen LogP contribution in [-0.2, 0) is 0 Å². The molecule has 0 aromatic heterocycles. The lowest BCUT2D eigenvalue weighted by molar-refractivity contribution is 0.439. The summed E-state index contributed by atoms with van der Waals surface area (Å²) < 4.78 is 12.0. The number of nitrogen functional groups attached to an aromatic ring is 1. The second kappa shape index (κ2) is 6.72. The molecular formula is C18H16BNO2. The Morgan fingerprint density at radius 2 is 1.18 bits per heavy atom. The van der Waals surface area contributed by atoms with Crippen molar-refractivity contribution < 1.29 is 9.31 Å². The van der Waals surface area contributed by atoms with Gasteiger partial charge in [-0.15, -0.1) is 0 Å². The van der Waals surface area contributed by atoms with E-state index in [9.17, 15) is 0 Å². The van der Waals surface area contributed by atoms with Crippen LogP contribution in [0.5, 0.6) is 11.5 Å². The molecule has 0 atom stereocenters. The summed E-state index contributed by atoms with van der Waals surface area (Å²) in [6, 6.07) is 26.7. The molecule has 3 rings (SSSR count). The number of benzene rings is 3. The molecule has 0 heterocycles. The third-order valence-corrected chi connectivity index (χ3v) is 3.16. The summed E-state index contributed by atoms with van der Waals surface area (Å²) in [7, 11) is -0.562. The van der Waals surface area contributed by atoms with Crippen LogP contribution in [0.4, 0.5) is 5.69 Å². The van der Waals surface area contributed by atoms with E-state index in [1.807, 2.05) is 84.9 Å². The van der Waals surface area contributed by atoms with Crippen molar-refractivity contribution in [1.82, 2.24) is 0 Å². The van der Waals surface area contributed by atoms with Gasteiger partial charge in [-0.05, 0) is 36.4 Å². The Balaban J connectivity index is 1.88. The van der Waals surface area contributed by atoms with E-state index < -0.39 is 7.12 Å². The van der Waals surface area contributed by atoms with Crippen molar-refractivity contribution in [3.8, 4) is 11.5 Å². The molecule has 0 fully saturated rings. The molecule has 108 valence electrons. The van der Waals surface area contributed by atoms with Crippen molar-refractivity contribution in [3.63, 3.8) is 0 Å². The molecule has 0 aliphatic rings. The van der Waals surface area contributed by atoms with Crippen molar-refractivity contribution in [2.45, 2.75) is 0 Å². The molecule has 0 aliphatic heterocycles. The molecule has 0 aliphatic carbocycles. The zero-order valence-electron chi connectivity index (χ0n) is 12.1. The quantitative estimate of drug-likeness (QED) is 0.579. The highest BCUT2D eigenvalue weighted by molar-refractivity contribution is 6.62. The fraction of sp³-hybridized carbons (Fsp3) is 0. The molecule has 0 spiro atoms. The summed E-state index contributed by atoms with van der Waals surface area (Å²) in [6.07, 6.45) is 0. The van der Waals surface area contributed by atoms with E-state index in [1.165, 1.54) is 0 Å². The van der Waals surface area contributed by atoms with Crippen molar-refractivity contribution in [3.05, 3.63) is 84.9 Å². The Bertz CT molecular complexity index is 678. The Morgan fingerprint density at radius 3 is 1.68 bits per heavy atom. The van der Waals surface area contributed by atoms with Crippen LogP contribution in [0.25, 0.3) is 0 Å². The molecule has 3 aromatic rings. The van der Waals surface area contributed by atoms with Crippen LogP contribution in [0, 0.1) is 0 Å². The summed E-state index contributed by atoms with van der Waals surface area (Å²) in [5.74, 6) is 1.48. The molecule has 0 saturated carbocycles. The molecule has 0 saturated heterocycles. The molecule has 0 amide bonds. The van der Waals surface area contributed by atoms with Gasteiger partial charge in [-0.25, -0.2) is 0 Å². The van der Waals surface area contributed by atoms with Gasteiger partial charge in [0.05, 0.1) is 0 Å². The first-order chi connectivity index (χ1) is 10.8. The van der Waals surface area contributed by atoms with Gasteiger partial charge >= 0.3 is 7.12 Å². The number of rotatable bonds is 5. The smallest absolute Gasteiger partial charge is 0.522 e. The first-order valence-electron chi connectivity index (χ1n) is 7.10. The standard InChI is InChI=1S/C18H16BNO2/c20-16-9-7-8-15(14-16)19(21-17-10-3-1-4-11-17)22-18-12-5-2-6-13-18/h1-14H,20H2. The van der Waals surface area contributed by atoms with Crippen molar-refractivity contribution in [1.29, 1.82) is 0 Å². The normalized spacial score (nSPS) is 10.0. The van der Waals surface area contributed by atoms with Gasteiger partial charge in [-0.2, -0.15) is 0 Å². The number of anilines is 1. The van der Waals surface area contributed by atoms with E-state index >= 15 is 0 Å². The average molecular weight is 289 g/mol. The first-order valence-corrected chi connectivity index (χ1v) is 7.10. The van der Waals surface area contributed by atoms with E-state index in [0.29, 0.717) is 5.69 Å². The predicted molar refractivity (Wildman–Crippen MR) is 90.4 cm³/mol. The number of hydrogen-bond acceptors (Lipinski definition) is 3. The lowest BCUT2D eigenvalue weighted by Crippen LogP contribution is -2.42. The molecule has 3 aromatic carbocycles. The molecule has 22 heavy (non-hydrogen) atoms. The minimum Gasteiger partial charge on any atom is -0.522 e. The van der Waals surface area contributed by atoms with E-state index in [1.54, 1.807) is 0 Å². The third kappa shape index (κ3) is 3.61. The minimum absolute atomic E-state index is 0.562. The second-order valence-corrected chi connectivity index (χ2v) is 4.86. The van der Waals surface area contributed by atoms with E-state index in [0.717, 1.165) is 17.0 Å². The lowest BCUT2D eigenvalue weighted by Gasteiger charge is -2.17. The molecule has 0 unspecified atom stereocenters. The lowest BCUT2D eigenvalue weighted by atomic mass is 9.78. The summed E-state index contributed by atoms with van der Waals surface area (Å²) in [4.78, 5) is 0. The maximum Gasteiger partial charge on any atom is 0.632 e. The molecule has 3 nitrogen and oxygen atoms in total. The van der Waals surface area contributed by atoms with E-state index in [4.69, 9.17) is 15.0 Å². The van der Waals surface area contributed by atoms with Crippen LogP contribution in [0.1, 0.15) is 0 Å². The summed E-state index contributed by atoms with van der Waals surface area (Å²) in [5.41, 5.74) is 7.42. The highest BCUT2D eigenvalue weighted by Crippen LogP contribution is 2.14. The number of nitrogens with two attached hydrogens (primary N) is 1. The minimum atomic E-state index is -0.562. The SMILES string of the molecule is Nc1cccc(B(Oc2ccccc2)Oc2ccccc2)c1. The van der Waals surface area contributed by atoms with Crippen LogP contribution in [0.3, 0.4) is 0 Å². The number of para-hydroxylation sites is 2. The van der Waals surface area contributed by atoms with Gasteiger partial charge in [0.1, 0.15) is 11.5 Å². The predicted octanol–water partition coefficient (Wildman–Crippen LogP) is 3.12. The van der Waals surface area contributed by atoms with E-state index in [2.05, 4.69) is 0 Å². The Labute approximate surface area is 130 Å². The van der Waals surface area contributed by atoms with Crippen LogP contribution in [0.2, 0.25) is 0 Å². The first kappa shape index (κ1) is 14.1. The summed E-state index contributed by atoms with van der Waals surface area (Å²) in [5, 5.41) is 0. The molecular weight excluding hydrogens is 273 g/mol. The summed E-state index contributed by atoms with van der Waals surface area (Å²) >= 11 is 0. The van der Waals surface area contributed by atoms with Crippen LogP contribution in [0.15, 0.2) is 84.9 Å². The van der Waals surface area contributed by atoms with Gasteiger partial charge in [0, 0.05) is 11.2 Å². The number of hydrogen-bond donors (Lipinski definition) is 1. The van der Waals surface area contributed by atoms with Gasteiger partial charge < -0.3 is 15.0 Å². The van der Waals surface area contributed by atoms with Crippen molar-refractivity contribution in [2.75, 3.05) is 5.73 Å². The largest absolute Gasteiger partial charge is 0.632 e. The second-order valence-electron chi connectivity index (χ2n) is 4.86. The van der Waals surface area contributed by atoms with Gasteiger partial charge in [-0.1, -0.05) is 48.5 Å². The highest BCUT2D eigenvalue weighted by atomic mass is 16.6. The monoisotopic (exact) mass is 289 g/mol. The topological polar surface area (TPSA) is 44.5 Å². The fourth-order valence-electron chi connectivity index (χ4n) is 2.11. The highest BCUT2D eigenvalue weighted by Gasteiger charge is 2.26. The zero-order valence-corrected chi connectivity index (χ0v) is 12.1. The van der Waals surface area contributed by atoms with Crippen molar-refractivity contribution >= 4 is 18.3 Å². The molecule has 0 radical (unpaired) electrons. The Morgan fingerprint density at radius 1 is 0.636 bits per heavy atom. The Kier molecular flexibility index (Phi) is 4.30. The van der Waals surface area contributed by atoms with Crippen molar-refractivity contribution in [2.24, 2.45) is 0 Å². The maximum absolute atomic E-state index is 5.98. The molecule has 4 heteroatoms. The fourth-order valence-corrected chi connectivity index (χ4v) is 2.11. The zero-order chi connectivity index (χ0) is 15.2. The molecule has 2 N–H and O–H groups in total.